The lowest BCUT2D eigenvalue weighted by atomic mass is 10.0. The topological polar surface area (TPSA) is 67.9 Å². The van der Waals surface area contributed by atoms with E-state index in [1.807, 2.05) is 31.2 Å². The van der Waals surface area contributed by atoms with Gasteiger partial charge in [0.05, 0.1) is 31.9 Å². The molecule has 1 N–H and O–H groups in total. The Kier molecular flexibility index (Phi) is 8.01. The highest BCUT2D eigenvalue weighted by Gasteiger charge is 2.26. The van der Waals surface area contributed by atoms with E-state index in [2.05, 4.69) is 38.3 Å². The highest BCUT2D eigenvalue weighted by molar-refractivity contribution is 9.10. The fourth-order valence-corrected chi connectivity index (χ4v) is 4.03. The number of nitrogens with zero attached hydrogens (tertiary/aromatic N) is 1. The Balaban J connectivity index is 1.57. The lowest BCUT2D eigenvalue weighted by Gasteiger charge is -2.35. The van der Waals surface area contributed by atoms with Gasteiger partial charge in [0.1, 0.15) is 0 Å². The van der Waals surface area contributed by atoms with E-state index < -0.39 is 0 Å². The third-order valence-electron chi connectivity index (χ3n) is 5.25. The fourth-order valence-electron chi connectivity index (χ4n) is 3.58. The Hall–Kier alpha value is -2.22. The standard InChI is InChI=1S/C23H27BrN2O4/c1-16(18-6-8-19(9-7-18)23(28)29-2)25-22(27)13-21-15-30-11-10-26(21)14-17-4-3-5-20(24)12-17/h3-9,12,16,21H,10-11,13-15H2,1-2H3,(H,25,27)/t16?,21-/m0/s1. The van der Waals surface area contributed by atoms with Crippen LogP contribution >= 0.6 is 15.9 Å². The van der Waals surface area contributed by atoms with E-state index in [1.165, 1.54) is 12.7 Å². The van der Waals surface area contributed by atoms with Gasteiger partial charge in [0.25, 0.3) is 0 Å². The smallest absolute Gasteiger partial charge is 0.337 e. The van der Waals surface area contributed by atoms with Crippen molar-refractivity contribution in [2.75, 3.05) is 26.9 Å². The van der Waals surface area contributed by atoms with Crippen molar-refractivity contribution >= 4 is 27.8 Å². The summed E-state index contributed by atoms with van der Waals surface area (Å²) in [7, 11) is 1.36. The highest BCUT2D eigenvalue weighted by atomic mass is 79.9. The SMILES string of the molecule is COC(=O)c1ccc(C(C)NC(=O)C[C@H]2COCCN2Cc2cccc(Br)c2)cc1. The van der Waals surface area contributed by atoms with Gasteiger partial charge in [0, 0.05) is 30.0 Å². The molecule has 3 rings (SSSR count). The number of nitrogens with one attached hydrogen (secondary N) is 1. The summed E-state index contributed by atoms with van der Waals surface area (Å²) in [6.45, 7) is 4.74. The Morgan fingerprint density at radius 3 is 2.73 bits per heavy atom. The number of carbonyl (C=O) groups excluding carboxylic acids is 2. The molecule has 160 valence electrons. The summed E-state index contributed by atoms with van der Waals surface area (Å²) in [5, 5.41) is 3.05. The maximum atomic E-state index is 12.7. The minimum atomic E-state index is -0.374. The summed E-state index contributed by atoms with van der Waals surface area (Å²) >= 11 is 3.52. The van der Waals surface area contributed by atoms with Crippen LogP contribution in [0.5, 0.6) is 0 Å². The number of esters is 1. The van der Waals surface area contributed by atoms with Gasteiger partial charge in [-0.3, -0.25) is 9.69 Å². The molecule has 1 fully saturated rings. The molecule has 2 atom stereocenters. The number of hydrogen-bond donors (Lipinski definition) is 1. The van der Waals surface area contributed by atoms with Crippen LogP contribution in [0, 0.1) is 0 Å². The second kappa shape index (κ2) is 10.7. The molecule has 1 aliphatic rings. The van der Waals surface area contributed by atoms with Crippen molar-refractivity contribution in [3.8, 4) is 0 Å². The summed E-state index contributed by atoms with van der Waals surface area (Å²) < 4.78 is 11.4. The van der Waals surface area contributed by atoms with Crippen LogP contribution in [-0.2, 0) is 20.8 Å². The summed E-state index contributed by atoms with van der Waals surface area (Å²) in [4.78, 5) is 26.6. The average molecular weight is 475 g/mol. The van der Waals surface area contributed by atoms with Crippen LogP contribution in [0.25, 0.3) is 0 Å². The van der Waals surface area contributed by atoms with E-state index >= 15 is 0 Å². The molecule has 2 aromatic carbocycles. The second-order valence-corrected chi connectivity index (χ2v) is 8.35. The summed E-state index contributed by atoms with van der Waals surface area (Å²) in [5.41, 5.74) is 2.62. The molecule has 6 nitrogen and oxygen atoms in total. The van der Waals surface area contributed by atoms with Crippen molar-refractivity contribution in [1.82, 2.24) is 10.2 Å². The van der Waals surface area contributed by atoms with Crippen molar-refractivity contribution in [2.24, 2.45) is 0 Å². The molecule has 1 saturated heterocycles. The van der Waals surface area contributed by atoms with Crippen LogP contribution < -0.4 is 5.32 Å². The van der Waals surface area contributed by atoms with Crippen molar-refractivity contribution in [3.63, 3.8) is 0 Å². The summed E-state index contributed by atoms with van der Waals surface area (Å²) in [6, 6.07) is 15.2. The molecule has 2 aromatic rings. The Morgan fingerprint density at radius 2 is 2.03 bits per heavy atom. The number of ether oxygens (including phenoxy) is 2. The van der Waals surface area contributed by atoms with E-state index in [0.29, 0.717) is 25.2 Å². The van der Waals surface area contributed by atoms with E-state index in [9.17, 15) is 9.59 Å². The number of hydrogen-bond acceptors (Lipinski definition) is 5. The zero-order valence-electron chi connectivity index (χ0n) is 17.3. The van der Waals surface area contributed by atoms with Crippen LogP contribution in [0.3, 0.4) is 0 Å². The van der Waals surface area contributed by atoms with Crippen molar-refractivity contribution in [1.29, 1.82) is 0 Å². The van der Waals surface area contributed by atoms with E-state index in [4.69, 9.17) is 9.47 Å². The normalized spacial score (nSPS) is 17.9. The predicted molar refractivity (Wildman–Crippen MR) is 118 cm³/mol. The van der Waals surface area contributed by atoms with Gasteiger partial charge >= 0.3 is 5.97 Å². The lowest BCUT2D eigenvalue weighted by Crippen LogP contribution is -2.47. The number of carbonyl (C=O) groups is 2. The Labute approximate surface area is 185 Å². The first-order valence-electron chi connectivity index (χ1n) is 10.00. The van der Waals surface area contributed by atoms with Crippen LogP contribution in [0.2, 0.25) is 0 Å². The van der Waals surface area contributed by atoms with Gasteiger partial charge in [0.15, 0.2) is 0 Å². The van der Waals surface area contributed by atoms with Crippen molar-refractivity contribution in [3.05, 3.63) is 69.7 Å². The van der Waals surface area contributed by atoms with Crippen LogP contribution in [0.4, 0.5) is 0 Å². The molecule has 0 radical (unpaired) electrons. The molecular weight excluding hydrogens is 448 g/mol. The Bertz CT molecular complexity index is 872. The molecule has 7 heteroatoms. The average Bonchev–Trinajstić information content (AvgIpc) is 2.74. The molecule has 1 aliphatic heterocycles. The first-order chi connectivity index (χ1) is 14.5. The van der Waals surface area contributed by atoms with E-state index in [-0.39, 0.29) is 24.0 Å². The second-order valence-electron chi connectivity index (χ2n) is 7.44. The minimum Gasteiger partial charge on any atom is -0.465 e. The first-order valence-corrected chi connectivity index (χ1v) is 10.8. The predicted octanol–water partition coefficient (Wildman–Crippen LogP) is 3.70. The van der Waals surface area contributed by atoms with Gasteiger partial charge in [-0.2, -0.15) is 0 Å². The molecule has 1 amide bonds. The van der Waals surface area contributed by atoms with Gasteiger partial charge in [0.2, 0.25) is 5.91 Å². The Morgan fingerprint density at radius 1 is 1.27 bits per heavy atom. The van der Waals surface area contributed by atoms with Crippen LogP contribution in [0.15, 0.2) is 53.0 Å². The molecule has 0 bridgehead atoms. The molecule has 0 aromatic heterocycles. The molecule has 0 saturated carbocycles. The zero-order valence-corrected chi connectivity index (χ0v) is 18.9. The number of benzene rings is 2. The maximum Gasteiger partial charge on any atom is 0.337 e. The number of amides is 1. The van der Waals surface area contributed by atoms with Crippen molar-refractivity contribution in [2.45, 2.75) is 32.0 Å². The van der Waals surface area contributed by atoms with Gasteiger partial charge in [-0.1, -0.05) is 40.2 Å². The number of methoxy groups -OCH3 is 1. The lowest BCUT2D eigenvalue weighted by molar-refractivity contribution is -0.125. The first kappa shape index (κ1) is 22.5. The van der Waals surface area contributed by atoms with Gasteiger partial charge in [-0.15, -0.1) is 0 Å². The van der Waals surface area contributed by atoms with Gasteiger partial charge < -0.3 is 14.8 Å². The third-order valence-corrected chi connectivity index (χ3v) is 5.75. The maximum absolute atomic E-state index is 12.7. The number of halogens is 1. The molecular formula is C23H27BrN2O4. The molecule has 30 heavy (non-hydrogen) atoms. The van der Waals surface area contributed by atoms with E-state index in [0.717, 1.165) is 23.1 Å². The molecule has 1 heterocycles. The number of morpholine rings is 1. The van der Waals surface area contributed by atoms with Crippen molar-refractivity contribution < 1.29 is 19.1 Å². The quantitative estimate of drug-likeness (QED) is 0.619. The molecule has 0 spiro atoms. The molecule has 0 aliphatic carbocycles. The monoisotopic (exact) mass is 474 g/mol. The van der Waals surface area contributed by atoms with Gasteiger partial charge in [-0.05, 0) is 42.3 Å². The van der Waals surface area contributed by atoms with E-state index in [1.54, 1.807) is 12.1 Å². The number of rotatable bonds is 7. The summed E-state index contributed by atoms with van der Waals surface area (Å²) in [6.07, 6.45) is 0.374. The van der Waals surface area contributed by atoms with Gasteiger partial charge in [-0.25, -0.2) is 4.79 Å². The third kappa shape index (κ3) is 6.14. The fraction of sp³-hybridized carbons (Fsp3) is 0.391. The highest BCUT2D eigenvalue weighted by Crippen LogP contribution is 2.19. The molecule has 1 unspecified atom stereocenters. The van der Waals surface area contributed by atoms with Crippen LogP contribution in [-0.4, -0.2) is 49.7 Å². The summed E-state index contributed by atoms with van der Waals surface area (Å²) in [5.74, 6) is -0.393. The minimum absolute atomic E-state index is 0.0192. The van der Waals surface area contributed by atoms with Crippen LogP contribution in [0.1, 0.15) is 40.9 Å². The largest absolute Gasteiger partial charge is 0.465 e. The zero-order chi connectivity index (χ0) is 21.5.